The van der Waals surface area contributed by atoms with E-state index in [1.54, 1.807) is 19.1 Å². The maximum atomic E-state index is 12.6. The number of pyridine rings is 1. The molecular weight excluding hydrogens is 472 g/mol. The van der Waals surface area contributed by atoms with Crippen LogP contribution in [0.4, 0.5) is 10.5 Å². The number of nitrogens with one attached hydrogen (secondary N) is 1. The molecular formula is C28H28N4O5. The van der Waals surface area contributed by atoms with Gasteiger partial charge in [-0.25, -0.2) is 14.5 Å². The van der Waals surface area contributed by atoms with Crippen LogP contribution in [0, 0.1) is 0 Å². The quantitative estimate of drug-likeness (QED) is 0.380. The smallest absolute Gasteiger partial charge is 0.411 e. The highest BCUT2D eigenvalue weighted by atomic mass is 16.5. The number of aromatic nitrogens is 3. The lowest BCUT2D eigenvalue weighted by atomic mass is 9.91. The molecule has 4 rings (SSSR count). The SMILES string of the molecule is CCOC(=O)Nc1cc(-c2ccc(=O)n(C(C)C)n2)c(-c2ccccc2)nc1C=C1C(=O)CCCC1=O. The standard InChI is InChI=1S/C28H28N4O5/c1-4-37-28(36)30-23-15-19(21-13-14-26(35)32(31-21)17(2)3)27(18-9-6-5-7-10-18)29-22(23)16-20-24(33)11-8-12-25(20)34/h5-7,9-10,13-17H,4,8,11-12H2,1-3H3,(H,30,36). The molecule has 2 heterocycles. The molecule has 0 bridgehead atoms. The summed E-state index contributed by atoms with van der Waals surface area (Å²) in [5.41, 5.74) is 2.59. The molecule has 0 atom stereocenters. The molecule has 1 saturated carbocycles. The molecule has 0 spiro atoms. The summed E-state index contributed by atoms with van der Waals surface area (Å²) < 4.78 is 6.44. The van der Waals surface area contributed by atoms with Crippen LogP contribution in [0.15, 0.2) is 58.9 Å². The monoisotopic (exact) mass is 500 g/mol. The third-order valence-corrected chi connectivity index (χ3v) is 5.89. The number of amides is 1. The summed E-state index contributed by atoms with van der Waals surface area (Å²) in [5, 5.41) is 7.23. The normalized spacial score (nSPS) is 13.6. The minimum absolute atomic E-state index is 0.0592. The molecule has 1 amide bonds. The molecule has 1 N–H and O–H groups in total. The van der Waals surface area contributed by atoms with Gasteiger partial charge in [-0.1, -0.05) is 30.3 Å². The van der Waals surface area contributed by atoms with Gasteiger partial charge in [0.05, 0.1) is 41.0 Å². The Morgan fingerprint density at radius 1 is 1.08 bits per heavy atom. The van der Waals surface area contributed by atoms with Gasteiger partial charge in [0.15, 0.2) is 11.6 Å². The lowest BCUT2D eigenvalue weighted by Gasteiger charge is -2.17. The summed E-state index contributed by atoms with van der Waals surface area (Å²) in [6.07, 6.45) is 1.81. The minimum Gasteiger partial charge on any atom is -0.450 e. The number of Topliss-reactive ketones (excluding diaryl/α,β-unsaturated/α-hetero) is 2. The first-order chi connectivity index (χ1) is 17.8. The second-order valence-corrected chi connectivity index (χ2v) is 8.88. The number of ketones is 2. The maximum Gasteiger partial charge on any atom is 0.411 e. The minimum atomic E-state index is -0.705. The van der Waals surface area contributed by atoms with Crippen molar-refractivity contribution < 1.29 is 19.1 Å². The molecule has 1 aliphatic carbocycles. The number of anilines is 1. The highest BCUT2D eigenvalue weighted by molar-refractivity contribution is 6.24. The number of hydrogen-bond acceptors (Lipinski definition) is 7. The molecule has 3 aromatic rings. The second-order valence-electron chi connectivity index (χ2n) is 8.88. The van der Waals surface area contributed by atoms with Crippen molar-refractivity contribution in [3.8, 4) is 22.5 Å². The average molecular weight is 501 g/mol. The fraction of sp³-hybridized carbons (Fsp3) is 0.286. The molecule has 2 aromatic heterocycles. The van der Waals surface area contributed by atoms with Gasteiger partial charge in [-0.3, -0.25) is 19.7 Å². The molecule has 1 aliphatic rings. The van der Waals surface area contributed by atoms with Crippen molar-refractivity contribution in [3.63, 3.8) is 0 Å². The fourth-order valence-electron chi connectivity index (χ4n) is 4.10. The van der Waals surface area contributed by atoms with Crippen LogP contribution in [-0.4, -0.2) is 39.0 Å². The van der Waals surface area contributed by atoms with E-state index in [1.165, 1.54) is 16.8 Å². The number of carbonyl (C=O) groups excluding carboxylic acids is 3. The van der Waals surface area contributed by atoms with Crippen LogP contribution in [0.1, 0.15) is 51.8 Å². The predicted molar refractivity (Wildman–Crippen MR) is 140 cm³/mol. The van der Waals surface area contributed by atoms with Crippen molar-refractivity contribution in [2.75, 3.05) is 11.9 Å². The second kappa shape index (κ2) is 11.1. The van der Waals surface area contributed by atoms with Gasteiger partial charge in [0, 0.05) is 30.0 Å². The van der Waals surface area contributed by atoms with Gasteiger partial charge in [0.1, 0.15) is 0 Å². The Balaban J connectivity index is 1.99. The van der Waals surface area contributed by atoms with Crippen molar-refractivity contribution in [3.05, 3.63) is 70.2 Å². The third-order valence-electron chi connectivity index (χ3n) is 5.89. The Hall–Kier alpha value is -4.40. The largest absolute Gasteiger partial charge is 0.450 e. The summed E-state index contributed by atoms with van der Waals surface area (Å²) in [4.78, 5) is 54.7. The molecule has 0 unspecified atom stereocenters. The predicted octanol–water partition coefficient (Wildman–Crippen LogP) is 4.83. The molecule has 9 nitrogen and oxygen atoms in total. The summed E-state index contributed by atoms with van der Waals surface area (Å²) in [6, 6.07) is 13.9. The maximum absolute atomic E-state index is 12.6. The van der Waals surface area contributed by atoms with Crippen molar-refractivity contribution in [1.82, 2.24) is 14.8 Å². The first kappa shape index (κ1) is 25.7. The molecule has 0 radical (unpaired) electrons. The Labute approximate surface area is 214 Å². The van der Waals surface area contributed by atoms with Crippen molar-refractivity contribution in [2.24, 2.45) is 0 Å². The van der Waals surface area contributed by atoms with E-state index in [0.29, 0.717) is 23.4 Å². The zero-order valence-corrected chi connectivity index (χ0v) is 21.0. The van der Waals surface area contributed by atoms with Crippen LogP contribution in [-0.2, 0) is 14.3 Å². The first-order valence-electron chi connectivity index (χ1n) is 12.2. The van der Waals surface area contributed by atoms with E-state index in [0.717, 1.165) is 5.56 Å². The van der Waals surface area contributed by atoms with Gasteiger partial charge < -0.3 is 4.74 Å². The molecule has 0 saturated heterocycles. The summed E-state index contributed by atoms with van der Waals surface area (Å²) in [5.74, 6) is -0.507. The number of rotatable bonds is 6. The Kier molecular flexibility index (Phi) is 7.71. The summed E-state index contributed by atoms with van der Waals surface area (Å²) >= 11 is 0. The highest BCUT2D eigenvalue weighted by Crippen LogP contribution is 2.34. The van der Waals surface area contributed by atoms with Gasteiger partial charge >= 0.3 is 6.09 Å². The van der Waals surface area contributed by atoms with E-state index < -0.39 is 6.09 Å². The molecule has 9 heteroatoms. The lowest BCUT2D eigenvalue weighted by Crippen LogP contribution is -2.24. The van der Waals surface area contributed by atoms with Gasteiger partial charge in [-0.05, 0) is 45.4 Å². The summed E-state index contributed by atoms with van der Waals surface area (Å²) in [6.45, 7) is 5.55. The lowest BCUT2D eigenvalue weighted by molar-refractivity contribution is -0.123. The van der Waals surface area contributed by atoms with Gasteiger partial charge in [0.25, 0.3) is 5.56 Å². The van der Waals surface area contributed by atoms with E-state index in [1.807, 2.05) is 44.2 Å². The Bertz CT molecular complexity index is 1420. The van der Waals surface area contributed by atoms with Crippen LogP contribution in [0.2, 0.25) is 0 Å². The summed E-state index contributed by atoms with van der Waals surface area (Å²) in [7, 11) is 0. The number of nitrogens with zero attached hydrogens (tertiary/aromatic N) is 3. The van der Waals surface area contributed by atoms with Crippen LogP contribution < -0.4 is 10.9 Å². The highest BCUT2D eigenvalue weighted by Gasteiger charge is 2.25. The van der Waals surface area contributed by atoms with Crippen LogP contribution in [0.25, 0.3) is 28.6 Å². The number of hydrogen-bond donors (Lipinski definition) is 1. The number of benzene rings is 1. The van der Waals surface area contributed by atoms with Gasteiger partial charge in [0.2, 0.25) is 0 Å². The van der Waals surface area contributed by atoms with E-state index in [2.05, 4.69) is 10.4 Å². The van der Waals surface area contributed by atoms with Crippen molar-refractivity contribution >= 4 is 29.4 Å². The zero-order chi connectivity index (χ0) is 26.5. The third kappa shape index (κ3) is 5.72. The van der Waals surface area contributed by atoms with E-state index >= 15 is 0 Å². The fourth-order valence-corrected chi connectivity index (χ4v) is 4.10. The zero-order valence-electron chi connectivity index (χ0n) is 21.0. The topological polar surface area (TPSA) is 120 Å². The number of carbonyl (C=O) groups is 3. The van der Waals surface area contributed by atoms with Gasteiger partial charge in [-0.2, -0.15) is 5.10 Å². The van der Waals surface area contributed by atoms with E-state index in [9.17, 15) is 19.2 Å². The molecule has 37 heavy (non-hydrogen) atoms. The van der Waals surface area contributed by atoms with Crippen molar-refractivity contribution in [1.29, 1.82) is 0 Å². The molecule has 190 valence electrons. The van der Waals surface area contributed by atoms with E-state index in [4.69, 9.17) is 9.72 Å². The van der Waals surface area contributed by atoms with Crippen LogP contribution in [0.3, 0.4) is 0 Å². The number of allylic oxidation sites excluding steroid dienone is 1. The van der Waals surface area contributed by atoms with Crippen molar-refractivity contribution in [2.45, 2.75) is 46.1 Å². The van der Waals surface area contributed by atoms with Crippen LogP contribution >= 0.6 is 0 Å². The van der Waals surface area contributed by atoms with Gasteiger partial charge in [-0.15, -0.1) is 0 Å². The molecule has 0 aliphatic heterocycles. The van der Waals surface area contributed by atoms with E-state index in [-0.39, 0.29) is 59.6 Å². The average Bonchev–Trinajstić information content (AvgIpc) is 2.87. The Morgan fingerprint density at radius 2 is 1.78 bits per heavy atom. The van der Waals surface area contributed by atoms with Crippen LogP contribution in [0.5, 0.6) is 0 Å². The number of ether oxygens (including phenoxy) is 1. The molecule has 1 fully saturated rings. The Morgan fingerprint density at radius 3 is 2.43 bits per heavy atom. The first-order valence-corrected chi connectivity index (χ1v) is 12.2. The molecule has 1 aromatic carbocycles.